The molecule has 1 aliphatic heterocycles. The van der Waals surface area contributed by atoms with E-state index >= 15 is 0 Å². The van der Waals surface area contributed by atoms with Crippen LogP contribution in [0.15, 0.2) is 36.7 Å². The highest BCUT2D eigenvalue weighted by Crippen LogP contribution is 2.13. The van der Waals surface area contributed by atoms with E-state index in [-0.39, 0.29) is 18.6 Å². The number of carbonyl (C=O) groups is 1. The Kier molecular flexibility index (Phi) is 5.61. The number of aromatic nitrogens is 2. The Balaban J connectivity index is 1.42. The normalized spacial score (nSPS) is 17.1. The lowest BCUT2D eigenvalue weighted by molar-refractivity contribution is -0.121. The molecule has 2 aromatic rings. The number of nitrogens with one attached hydrogen (secondary N) is 1. The summed E-state index contributed by atoms with van der Waals surface area (Å²) in [4.78, 5) is 11.9. The van der Waals surface area contributed by atoms with Gasteiger partial charge in [0.15, 0.2) is 0 Å². The van der Waals surface area contributed by atoms with Crippen LogP contribution in [-0.2, 0) is 20.8 Å². The van der Waals surface area contributed by atoms with Crippen LogP contribution in [0.25, 0.3) is 0 Å². The van der Waals surface area contributed by atoms with E-state index in [0.29, 0.717) is 13.2 Å². The zero-order chi connectivity index (χ0) is 16.8. The largest absolute Gasteiger partial charge is 0.376 e. The monoisotopic (exact) mass is 329 g/mol. The number of benzene rings is 1. The molecule has 0 radical (unpaired) electrons. The molecule has 1 atom stereocenters. The molecule has 2 heterocycles. The molecule has 0 saturated carbocycles. The average molecular weight is 329 g/mol. The molecule has 6 heteroatoms. The summed E-state index contributed by atoms with van der Waals surface area (Å²) in [7, 11) is 0. The van der Waals surface area contributed by atoms with Crippen LogP contribution < -0.4 is 5.32 Å². The summed E-state index contributed by atoms with van der Waals surface area (Å²) >= 11 is 0. The fourth-order valence-electron chi connectivity index (χ4n) is 2.69. The van der Waals surface area contributed by atoms with Crippen LogP contribution in [-0.4, -0.2) is 41.6 Å². The summed E-state index contributed by atoms with van der Waals surface area (Å²) < 4.78 is 12.8. The van der Waals surface area contributed by atoms with Crippen LogP contribution in [0.4, 0.5) is 5.69 Å². The number of hydrogen-bond donors (Lipinski definition) is 1. The van der Waals surface area contributed by atoms with Crippen molar-refractivity contribution in [2.24, 2.45) is 0 Å². The molecule has 0 spiro atoms. The second-order valence-electron chi connectivity index (χ2n) is 6.11. The molecular weight excluding hydrogens is 306 g/mol. The van der Waals surface area contributed by atoms with Crippen LogP contribution in [0.2, 0.25) is 0 Å². The van der Waals surface area contributed by atoms with Crippen LogP contribution in [0, 0.1) is 6.92 Å². The number of nitrogens with zero attached hydrogens (tertiary/aromatic N) is 2. The molecule has 0 bridgehead atoms. The first-order valence-electron chi connectivity index (χ1n) is 8.26. The van der Waals surface area contributed by atoms with Gasteiger partial charge in [0.1, 0.15) is 6.61 Å². The van der Waals surface area contributed by atoms with E-state index in [9.17, 15) is 4.79 Å². The molecule has 1 aromatic heterocycles. The third-order valence-electron chi connectivity index (χ3n) is 3.91. The molecule has 24 heavy (non-hydrogen) atoms. The van der Waals surface area contributed by atoms with Gasteiger partial charge in [0.2, 0.25) is 5.91 Å². The summed E-state index contributed by atoms with van der Waals surface area (Å²) in [5.41, 5.74) is 3.04. The van der Waals surface area contributed by atoms with Crippen molar-refractivity contribution in [1.82, 2.24) is 9.78 Å². The van der Waals surface area contributed by atoms with Crippen molar-refractivity contribution < 1.29 is 14.3 Å². The van der Waals surface area contributed by atoms with Gasteiger partial charge in [-0.3, -0.25) is 9.48 Å². The molecule has 1 N–H and O–H groups in total. The number of hydrogen-bond acceptors (Lipinski definition) is 4. The Morgan fingerprint density at radius 2 is 2.25 bits per heavy atom. The summed E-state index contributed by atoms with van der Waals surface area (Å²) in [5.74, 6) is -0.150. The van der Waals surface area contributed by atoms with Gasteiger partial charge in [-0.1, -0.05) is 12.1 Å². The minimum Gasteiger partial charge on any atom is -0.376 e. The van der Waals surface area contributed by atoms with Crippen molar-refractivity contribution in [3.05, 3.63) is 47.8 Å². The summed E-state index contributed by atoms with van der Waals surface area (Å²) in [6, 6.07) is 7.76. The minimum atomic E-state index is -0.150. The molecule has 128 valence electrons. The van der Waals surface area contributed by atoms with E-state index in [0.717, 1.165) is 36.3 Å². The molecule has 1 amide bonds. The maximum Gasteiger partial charge on any atom is 0.250 e. The van der Waals surface area contributed by atoms with E-state index in [4.69, 9.17) is 9.47 Å². The molecular formula is C18H23N3O3. The predicted molar refractivity (Wildman–Crippen MR) is 90.9 cm³/mol. The van der Waals surface area contributed by atoms with Gasteiger partial charge in [-0.15, -0.1) is 0 Å². The van der Waals surface area contributed by atoms with Crippen molar-refractivity contribution in [3.8, 4) is 0 Å². The molecule has 3 rings (SSSR count). The fraction of sp³-hybridized carbons (Fsp3) is 0.444. The van der Waals surface area contributed by atoms with Gasteiger partial charge in [-0.25, -0.2) is 0 Å². The zero-order valence-electron chi connectivity index (χ0n) is 13.9. The maximum absolute atomic E-state index is 11.9. The van der Waals surface area contributed by atoms with Crippen molar-refractivity contribution in [2.75, 3.05) is 25.1 Å². The lowest BCUT2D eigenvalue weighted by atomic mass is 10.2. The lowest BCUT2D eigenvalue weighted by Crippen LogP contribution is -2.22. The quantitative estimate of drug-likeness (QED) is 0.847. The summed E-state index contributed by atoms with van der Waals surface area (Å²) in [5, 5.41) is 7.10. The number of amides is 1. The number of carbonyl (C=O) groups excluding carboxylic acids is 1. The number of anilines is 1. The van der Waals surface area contributed by atoms with Crippen LogP contribution in [0.5, 0.6) is 0 Å². The standard InChI is InChI=1S/C18H23N3O3/c1-14-9-19-21(10-14)11-15-4-6-16(7-5-15)20-18(22)13-23-12-17-3-2-8-24-17/h4-7,9-10,17H,2-3,8,11-13H2,1H3,(H,20,22)/t17-/m0/s1. The smallest absolute Gasteiger partial charge is 0.250 e. The zero-order valence-corrected chi connectivity index (χ0v) is 13.9. The second kappa shape index (κ2) is 8.08. The van der Waals surface area contributed by atoms with Crippen molar-refractivity contribution >= 4 is 11.6 Å². The highest BCUT2D eigenvalue weighted by atomic mass is 16.5. The van der Waals surface area contributed by atoms with Gasteiger partial charge in [0, 0.05) is 18.5 Å². The van der Waals surface area contributed by atoms with Crippen molar-refractivity contribution in [2.45, 2.75) is 32.4 Å². The van der Waals surface area contributed by atoms with Gasteiger partial charge in [0.25, 0.3) is 0 Å². The van der Waals surface area contributed by atoms with Gasteiger partial charge in [0.05, 0.1) is 25.5 Å². The van der Waals surface area contributed by atoms with E-state index < -0.39 is 0 Å². The van der Waals surface area contributed by atoms with Crippen LogP contribution in [0.3, 0.4) is 0 Å². The first-order chi connectivity index (χ1) is 11.7. The Hall–Kier alpha value is -2.18. The SMILES string of the molecule is Cc1cnn(Cc2ccc(NC(=O)COC[C@@H]3CCCO3)cc2)c1. The van der Waals surface area contributed by atoms with E-state index in [1.807, 2.05) is 48.3 Å². The lowest BCUT2D eigenvalue weighted by Gasteiger charge is -2.10. The van der Waals surface area contributed by atoms with Crippen molar-refractivity contribution in [3.63, 3.8) is 0 Å². The Bertz CT molecular complexity index is 660. The molecule has 1 fully saturated rings. The Morgan fingerprint density at radius 3 is 2.92 bits per heavy atom. The molecule has 1 aliphatic rings. The van der Waals surface area contributed by atoms with Gasteiger partial charge in [-0.2, -0.15) is 5.10 Å². The second-order valence-corrected chi connectivity index (χ2v) is 6.11. The number of ether oxygens (including phenoxy) is 2. The molecule has 1 saturated heterocycles. The topological polar surface area (TPSA) is 65.4 Å². The van der Waals surface area contributed by atoms with Gasteiger partial charge >= 0.3 is 0 Å². The Morgan fingerprint density at radius 1 is 1.42 bits per heavy atom. The number of aryl methyl sites for hydroxylation is 1. The molecule has 1 aromatic carbocycles. The van der Waals surface area contributed by atoms with Crippen LogP contribution in [0.1, 0.15) is 24.0 Å². The average Bonchev–Trinajstić information content (AvgIpc) is 3.21. The Labute approximate surface area is 141 Å². The minimum absolute atomic E-state index is 0.0498. The first-order valence-corrected chi connectivity index (χ1v) is 8.26. The van der Waals surface area contributed by atoms with Gasteiger partial charge < -0.3 is 14.8 Å². The first kappa shape index (κ1) is 16.7. The predicted octanol–water partition coefficient (Wildman–Crippen LogP) is 2.37. The summed E-state index contributed by atoms with van der Waals surface area (Å²) in [6.07, 6.45) is 6.07. The van der Waals surface area contributed by atoms with E-state index in [1.165, 1.54) is 0 Å². The van der Waals surface area contributed by atoms with Gasteiger partial charge in [-0.05, 0) is 43.0 Å². The van der Waals surface area contributed by atoms with Crippen LogP contribution >= 0.6 is 0 Å². The van der Waals surface area contributed by atoms with E-state index in [2.05, 4.69) is 10.4 Å². The summed E-state index contributed by atoms with van der Waals surface area (Å²) in [6.45, 7) is 4.06. The molecule has 6 nitrogen and oxygen atoms in total. The van der Waals surface area contributed by atoms with Crippen molar-refractivity contribution in [1.29, 1.82) is 0 Å². The third-order valence-corrected chi connectivity index (χ3v) is 3.91. The highest BCUT2D eigenvalue weighted by Gasteiger charge is 2.15. The number of rotatable bonds is 7. The highest BCUT2D eigenvalue weighted by molar-refractivity contribution is 5.91. The third kappa shape index (κ3) is 4.91. The molecule has 0 aliphatic carbocycles. The molecule has 0 unspecified atom stereocenters. The van der Waals surface area contributed by atoms with E-state index in [1.54, 1.807) is 0 Å². The fourth-order valence-corrected chi connectivity index (χ4v) is 2.69. The maximum atomic E-state index is 11.9.